The van der Waals surface area contributed by atoms with Crippen LogP contribution in [-0.4, -0.2) is 4.98 Å². The van der Waals surface area contributed by atoms with Crippen LogP contribution in [0.15, 0.2) is 29.0 Å². The molecule has 2 rings (SSSR count). The molecule has 0 radical (unpaired) electrons. The predicted molar refractivity (Wildman–Crippen MR) is 62.1 cm³/mol. The largest absolute Gasteiger partial charge is 0.263 e. The molecule has 2 aromatic rings. The Bertz CT molecular complexity index is 464. The molecule has 0 spiro atoms. The molecule has 1 nitrogen and oxygen atoms in total. The number of aromatic nitrogens is 1. The molecule has 0 aliphatic carbocycles. The average molecular weight is 352 g/mol. The summed E-state index contributed by atoms with van der Waals surface area (Å²) in [6.45, 7) is 0. The van der Waals surface area contributed by atoms with Crippen LogP contribution in [0.5, 0.6) is 0 Å². The molecule has 1 aromatic heterocycles. The zero-order chi connectivity index (χ0) is 9.42. The maximum Gasteiger partial charge on any atom is 0.132 e. The first-order valence-electron chi connectivity index (χ1n) is 3.57. The molecule has 0 saturated heterocycles. The Morgan fingerprint density at radius 2 is 2.08 bits per heavy atom. The van der Waals surface area contributed by atoms with Gasteiger partial charge in [-0.15, -0.1) is 0 Å². The van der Waals surface area contributed by atoms with E-state index in [-0.39, 0.29) is 5.82 Å². The van der Waals surface area contributed by atoms with Crippen molar-refractivity contribution in [1.82, 2.24) is 4.98 Å². The monoisotopic (exact) mass is 351 g/mol. The topological polar surface area (TPSA) is 12.9 Å². The maximum atomic E-state index is 13.4. The molecule has 0 saturated carbocycles. The Balaban J connectivity index is 3.00. The SMILES string of the molecule is Fc1ccc(Br)c2cncc(I)c12. The van der Waals surface area contributed by atoms with E-state index in [9.17, 15) is 4.39 Å². The van der Waals surface area contributed by atoms with E-state index in [2.05, 4.69) is 43.5 Å². The fourth-order valence-corrected chi connectivity index (χ4v) is 2.32. The standard InChI is InChI=1S/C9H4BrFIN/c10-6-1-2-7(11)9-5(6)3-13-4-8(9)12/h1-4H. The van der Waals surface area contributed by atoms with Crippen LogP contribution in [0.4, 0.5) is 4.39 Å². The molecule has 0 unspecified atom stereocenters. The highest BCUT2D eigenvalue weighted by molar-refractivity contribution is 14.1. The van der Waals surface area contributed by atoms with Gasteiger partial charge in [-0.05, 0) is 34.7 Å². The van der Waals surface area contributed by atoms with Crippen molar-refractivity contribution in [1.29, 1.82) is 0 Å². The highest BCUT2D eigenvalue weighted by Gasteiger charge is 2.07. The molecule has 4 heteroatoms. The summed E-state index contributed by atoms with van der Waals surface area (Å²) in [5.41, 5.74) is 0. The van der Waals surface area contributed by atoms with E-state index in [0.29, 0.717) is 5.39 Å². The average Bonchev–Trinajstić information content (AvgIpc) is 2.12. The van der Waals surface area contributed by atoms with E-state index in [1.165, 1.54) is 6.07 Å². The van der Waals surface area contributed by atoms with Crippen LogP contribution >= 0.6 is 38.5 Å². The van der Waals surface area contributed by atoms with Crippen molar-refractivity contribution in [2.45, 2.75) is 0 Å². The lowest BCUT2D eigenvalue weighted by atomic mass is 10.2. The van der Waals surface area contributed by atoms with Crippen LogP contribution in [0, 0.1) is 9.39 Å². The molecule has 0 aliphatic rings. The quantitative estimate of drug-likeness (QED) is 0.659. The summed E-state index contributed by atoms with van der Waals surface area (Å²) >= 11 is 5.43. The summed E-state index contributed by atoms with van der Waals surface area (Å²) in [7, 11) is 0. The number of hydrogen-bond acceptors (Lipinski definition) is 1. The number of pyridine rings is 1. The van der Waals surface area contributed by atoms with E-state index in [0.717, 1.165) is 13.4 Å². The van der Waals surface area contributed by atoms with E-state index in [4.69, 9.17) is 0 Å². The summed E-state index contributed by atoms with van der Waals surface area (Å²) in [6, 6.07) is 3.14. The molecule has 1 aromatic carbocycles. The van der Waals surface area contributed by atoms with Crippen molar-refractivity contribution in [2.75, 3.05) is 0 Å². The lowest BCUT2D eigenvalue weighted by Crippen LogP contribution is -1.86. The fraction of sp³-hybridized carbons (Fsp3) is 0. The first kappa shape index (κ1) is 9.33. The third-order valence-electron chi connectivity index (χ3n) is 1.77. The smallest absolute Gasteiger partial charge is 0.132 e. The number of halogens is 3. The lowest BCUT2D eigenvalue weighted by Gasteiger charge is -2.02. The lowest BCUT2D eigenvalue weighted by molar-refractivity contribution is 0.639. The first-order valence-corrected chi connectivity index (χ1v) is 5.44. The normalized spacial score (nSPS) is 10.7. The number of benzene rings is 1. The van der Waals surface area contributed by atoms with Crippen LogP contribution in [0.3, 0.4) is 0 Å². The zero-order valence-electron chi connectivity index (χ0n) is 6.39. The van der Waals surface area contributed by atoms with Gasteiger partial charge in [-0.3, -0.25) is 4.98 Å². The Morgan fingerprint density at radius 1 is 1.31 bits per heavy atom. The van der Waals surface area contributed by atoms with Crippen LogP contribution in [0.1, 0.15) is 0 Å². The third kappa shape index (κ3) is 1.57. The summed E-state index contributed by atoms with van der Waals surface area (Å²) in [5, 5.41) is 1.44. The Morgan fingerprint density at radius 3 is 2.77 bits per heavy atom. The second-order valence-electron chi connectivity index (χ2n) is 2.57. The minimum atomic E-state index is -0.204. The van der Waals surface area contributed by atoms with Crippen LogP contribution in [0.25, 0.3) is 10.8 Å². The minimum Gasteiger partial charge on any atom is -0.263 e. The molecule has 0 aliphatic heterocycles. The van der Waals surface area contributed by atoms with Crippen molar-refractivity contribution in [2.24, 2.45) is 0 Å². The number of fused-ring (bicyclic) bond motifs is 1. The van der Waals surface area contributed by atoms with Gasteiger partial charge in [0.05, 0.1) is 0 Å². The molecule has 1 heterocycles. The summed E-state index contributed by atoms with van der Waals surface area (Å²) in [6.07, 6.45) is 3.31. The van der Waals surface area contributed by atoms with Crippen LogP contribution in [0.2, 0.25) is 0 Å². The molecule has 0 bridgehead atoms. The molecule has 0 N–H and O–H groups in total. The zero-order valence-corrected chi connectivity index (χ0v) is 10.1. The van der Waals surface area contributed by atoms with Gasteiger partial charge in [0, 0.05) is 31.2 Å². The summed E-state index contributed by atoms with van der Waals surface area (Å²) in [5.74, 6) is -0.204. The van der Waals surface area contributed by atoms with Gasteiger partial charge in [-0.25, -0.2) is 4.39 Å². The van der Waals surface area contributed by atoms with E-state index >= 15 is 0 Å². The van der Waals surface area contributed by atoms with E-state index in [1.807, 2.05) is 0 Å². The summed E-state index contributed by atoms with van der Waals surface area (Å²) < 4.78 is 15.1. The van der Waals surface area contributed by atoms with Crippen molar-refractivity contribution in [3.05, 3.63) is 38.4 Å². The molecule has 0 amide bonds. The van der Waals surface area contributed by atoms with E-state index < -0.39 is 0 Å². The van der Waals surface area contributed by atoms with Gasteiger partial charge < -0.3 is 0 Å². The van der Waals surface area contributed by atoms with Crippen LogP contribution < -0.4 is 0 Å². The molecular weight excluding hydrogens is 348 g/mol. The highest BCUT2D eigenvalue weighted by atomic mass is 127. The predicted octanol–water partition coefficient (Wildman–Crippen LogP) is 3.74. The molecule has 66 valence electrons. The molecule has 0 fully saturated rings. The minimum absolute atomic E-state index is 0.204. The maximum absolute atomic E-state index is 13.4. The molecule has 0 atom stereocenters. The Kier molecular flexibility index (Phi) is 2.51. The van der Waals surface area contributed by atoms with Gasteiger partial charge in [0.25, 0.3) is 0 Å². The second-order valence-corrected chi connectivity index (χ2v) is 4.59. The van der Waals surface area contributed by atoms with Crippen LogP contribution in [-0.2, 0) is 0 Å². The van der Waals surface area contributed by atoms with Gasteiger partial charge in [0.2, 0.25) is 0 Å². The Labute approximate surface area is 96.6 Å². The molecular formula is C9H4BrFIN. The van der Waals surface area contributed by atoms with Gasteiger partial charge >= 0.3 is 0 Å². The summed E-state index contributed by atoms with van der Waals surface area (Å²) in [4.78, 5) is 4.01. The van der Waals surface area contributed by atoms with Crippen molar-refractivity contribution in [3.8, 4) is 0 Å². The van der Waals surface area contributed by atoms with Crippen molar-refractivity contribution >= 4 is 49.3 Å². The van der Waals surface area contributed by atoms with Gasteiger partial charge in [0.1, 0.15) is 5.82 Å². The van der Waals surface area contributed by atoms with Gasteiger partial charge in [0.15, 0.2) is 0 Å². The number of hydrogen-bond donors (Lipinski definition) is 0. The van der Waals surface area contributed by atoms with Gasteiger partial charge in [-0.1, -0.05) is 15.9 Å². The molecule has 13 heavy (non-hydrogen) atoms. The number of nitrogens with zero attached hydrogens (tertiary/aromatic N) is 1. The Hall–Kier alpha value is -0.230. The van der Waals surface area contributed by atoms with E-state index in [1.54, 1.807) is 18.5 Å². The fourth-order valence-electron chi connectivity index (χ4n) is 1.18. The van der Waals surface area contributed by atoms with Gasteiger partial charge in [-0.2, -0.15) is 0 Å². The number of rotatable bonds is 0. The van der Waals surface area contributed by atoms with Crippen molar-refractivity contribution in [3.63, 3.8) is 0 Å². The van der Waals surface area contributed by atoms with Crippen molar-refractivity contribution < 1.29 is 4.39 Å². The highest BCUT2D eigenvalue weighted by Crippen LogP contribution is 2.28. The first-order chi connectivity index (χ1) is 6.20. The third-order valence-corrected chi connectivity index (χ3v) is 3.28. The second kappa shape index (κ2) is 3.49.